The summed E-state index contributed by atoms with van der Waals surface area (Å²) in [7, 11) is -3.18. The maximum absolute atomic E-state index is 11.9. The van der Waals surface area contributed by atoms with Crippen LogP contribution in [0.3, 0.4) is 0 Å². The molecule has 1 aliphatic rings. The van der Waals surface area contributed by atoms with Gasteiger partial charge in [-0.15, -0.1) is 6.58 Å². The molecule has 0 radical (unpaired) electrons. The molecule has 0 saturated carbocycles. The average Bonchev–Trinajstić information content (AvgIpc) is 2.63. The summed E-state index contributed by atoms with van der Waals surface area (Å²) in [6.45, 7) is 6.09. The van der Waals surface area contributed by atoms with Crippen molar-refractivity contribution in [3.05, 3.63) is 77.9 Å². The Morgan fingerprint density at radius 1 is 1.17 bits per heavy atom. The van der Waals surface area contributed by atoms with E-state index in [2.05, 4.69) is 12.7 Å². The highest BCUT2D eigenvalue weighted by Crippen LogP contribution is 2.34. The van der Waals surface area contributed by atoms with Gasteiger partial charge in [0.25, 0.3) is 0 Å². The molecule has 0 amide bonds. The van der Waals surface area contributed by atoms with Gasteiger partial charge in [0.1, 0.15) is 12.4 Å². The Kier molecular flexibility index (Phi) is 4.58. The number of para-hydroxylation sites is 1. The molecule has 3 nitrogen and oxygen atoms in total. The normalized spacial score (nSPS) is 15.0. The number of allylic oxidation sites excluding steroid dienone is 1. The summed E-state index contributed by atoms with van der Waals surface area (Å²) in [5.41, 5.74) is 3.17. The minimum Gasteiger partial charge on any atom is -0.489 e. The lowest BCUT2D eigenvalue weighted by Gasteiger charge is -2.23. The maximum atomic E-state index is 11.9. The molecule has 4 heteroatoms. The van der Waals surface area contributed by atoms with Crippen LogP contribution in [0.4, 0.5) is 0 Å². The van der Waals surface area contributed by atoms with Gasteiger partial charge in [0.15, 0.2) is 9.84 Å². The Morgan fingerprint density at radius 3 is 2.54 bits per heavy atom. The zero-order valence-corrected chi connectivity index (χ0v) is 14.4. The molecule has 0 N–H and O–H groups in total. The lowest BCUT2D eigenvalue weighted by Crippen LogP contribution is -2.13. The van der Waals surface area contributed by atoms with Crippen LogP contribution >= 0.6 is 0 Å². The molecule has 1 aliphatic heterocycles. The van der Waals surface area contributed by atoms with E-state index in [0.717, 1.165) is 22.4 Å². The number of ether oxygens (including phenoxy) is 1. The first-order valence-electron chi connectivity index (χ1n) is 7.92. The van der Waals surface area contributed by atoms with Crippen molar-refractivity contribution in [2.75, 3.05) is 12.4 Å². The molecule has 0 fully saturated rings. The average molecular weight is 340 g/mol. The van der Waals surface area contributed by atoms with Crippen molar-refractivity contribution >= 4 is 15.9 Å². The maximum Gasteiger partial charge on any atom is 0.178 e. The number of hydrogen-bond acceptors (Lipinski definition) is 3. The summed E-state index contributed by atoms with van der Waals surface area (Å²) in [6.07, 6.45) is 3.99. The first kappa shape index (κ1) is 16.5. The van der Waals surface area contributed by atoms with Crippen molar-refractivity contribution in [3.63, 3.8) is 0 Å². The van der Waals surface area contributed by atoms with Gasteiger partial charge in [0.05, 0.1) is 10.6 Å². The molecule has 1 atom stereocenters. The zero-order valence-electron chi connectivity index (χ0n) is 13.6. The monoisotopic (exact) mass is 340 g/mol. The summed E-state index contributed by atoms with van der Waals surface area (Å²) in [4.78, 5) is 0.357. The zero-order chi connectivity index (χ0) is 17.2. The summed E-state index contributed by atoms with van der Waals surface area (Å²) >= 11 is 0. The van der Waals surface area contributed by atoms with Crippen molar-refractivity contribution in [3.8, 4) is 5.75 Å². The smallest absolute Gasteiger partial charge is 0.178 e. The quantitative estimate of drug-likeness (QED) is 0.765. The van der Waals surface area contributed by atoms with Crippen molar-refractivity contribution in [2.45, 2.75) is 17.7 Å². The van der Waals surface area contributed by atoms with E-state index < -0.39 is 9.84 Å². The molecule has 124 valence electrons. The van der Waals surface area contributed by atoms with E-state index in [1.165, 1.54) is 0 Å². The standard InChI is InChI=1S/C20H20O3S/c1-3-19(15-9-11-18(12-10-15)24(21,22)4-2)17-13-16-7-5-6-8-20(16)23-14-17/h3,5-13,19H,1,4,14H2,2H3. The van der Waals surface area contributed by atoms with Gasteiger partial charge < -0.3 is 4.74 Å². The fourth-order valence-corrected chi connectivity index (χ4v) is 3.75. The molecule has 0 saturated heterocycles. The molecule has 0 bridgehead atoms. The molecule has 0 spiro atoms. The van der Waals surface area contributed by atoms with Crippen molar-refractivity contribution in [1.29, 1.82) is 0 Å². The minimum absolute atomic E-state index is 0.00302. The number of sulfone groups is 1. The van der Waals surface area contributed by atoms with Crippen LogP contribution in [0.5, 0.6) is 5.75 Å². The van der Waals surface area contributed by atoms with Crippen LogP contribution in [0.1, 0.15) is 24.0 Å². The SMILES string of the molecule is C=CC(C1=Cc2ccccc2OC1)c1ccc(S(=O)(=O)CC)cc1. The van der Waals surface area contributed by atoms with Gasteiger partial charge in [-0.3, -0.25) is 0 Å². The molecule has 1 heterocycles. The van der Waals surface area contributed by atoms with Crippen LogP contribution in [0.15, 0.2) is 71.7 Å². The second-order valence-corrected chi connectivity index (χ2v) is 8.01. The molecule has 0 aliphatic carbocycles. The van der Waals surface area contributed by atoms with Crippen LogP contribution in [-0.2, 0) is 9.84 Å². The van der Waals surface area contributed by atoms with Crippen LogP contribution in [0.2, 0.25) is 0 Å². The van der Waals surface area contributed by atoms with Gasteiger partial charge in [-0.05, 0) is 35.4 Å². The molecule has 3 rings (SSSR count). The van der Waals surface area contributed by atoms with Gasteiger partial charge in [-0.25, -0.2) is 8.42 Å². The van der Waals surface area contributed by atoms with E-state index in [0.29, 0.717) is 11.5 Å². The minimum atomic E-state index is -3.18. The Labute approximate surface area is 143 Å². The predicted molar refractivity (Wildman–Crippen MR) is 97.0 cm³/mol. The Morgan fingerprint density at radius 2 is 1.88 bits per heavy atom. The van der Waals surface area contributed by atoms with Crippen molar-refractivity contribution in [1.82, 2.24) is 0 Å². The highest BCUT2D eigenvalue weighted by Gasteiger charge is 2.19. The van der Waals surface area contributed by atoms with Gasteiger partial charge in [-0.2, -0.15) is 0 Å². The number of hydrogen-bond donors (Lipinski definition) is 0. The third-order valence-corrected chi connectivity index (χ3v) is 6.02. The van der Waals surface area contributed by atoms with Gasteiger partial charge in [-0.1, -0.05) is 43.3 Å². The Bertz CT molecular complexity index is 877. The Balaban J connectivity index is 1.93. The van der Waals surface area contributed by atoms with E-state index in [1.807, 2.05) is 42.5 Å². The molecule has 2 aromatic rings. The van der Waals surface area contributed by atoms with Gasteiger partial charge in [0, 0.05) is 11.5 Å². The van der Waals surface area contributed by atoms with Gasteiger partial charge in [0.2, 0.25) is 0 Å². The van der Waals surface area contributed by atoms with E-state index >= 15 is 0 Å². The first-order chi connectivity index (χ1) is 11.5. The van der Waals surface area contributed by atoms with Crippen LogP contribution in [-0.4, -0.2) is 20.8 Å². The summed E-state index contributed by atoms with van der Waals surface area (Å²) < 4.78 is 29.7. The second kappa shape index (κ2) is 6.65. The van der Waals surface area contributed by atoms with Crippen molar-refractivity contribution in [2.24, 2.45) is 0 Å². The number of rotatable bonds is 5. The van der Waals surface area contributed by atoms with E-state index in [-0.39, 0.29) is 11.7 Å². The molecule has 0 aromatic heterocycles. The Hall–Kier alpha value is -2.33. The molecular weight excluding hydrogens is 320 g/mol. The predicted octanol–water partition coefficient (Wildman–Crippen LogP) is 4.23. The van der Waals surface area contributed by atoms with E-state index in [4.69, 9.17) is 4.74 Å². The number of fused-ring (bicyclic) bond motifs is 1. The second-order valence-electron chi connectivity index (χ2n) is 5.73. The summed E-state index contributed by atoms with van der Waals surface area (Å²) in [5.74, 6) is 0.984. The van der Waals surface area contributed by atoms with E-state index in [1.54, 1.807) is 19.1 Å². The largest absolute Gasteiger partial charge is 0.489 e. The van der Waals surface area contributed by atoms with Crippen molar-refractivity contribution < 1.29 is 13.2 Å². The fraction of sp³-hybridized carbons (Fsp3) is 0.200. The van der Waals surface area contributed by atoms with Crippen LogP contribution in [0, 0.1) is 0 Å². The fourth-order valence-electron chi connectivity index (χ4n) is 2.86. The molecule has 24 heavy (non-hydrogen) atoms. The first-order valence-corrected chi connectivity index (χ1v) is 9.58. The highest BCUT2D eigenvalue weighted by molar-refractivity contribution is 7.91. The lowest BCUT2D eigenvalue weighted by molar-refractivity contribution is 0.342. The molecule has 2 aromatic carbocycles. The van der Waals surface area contributed by atoms with E-state index in [9.17, 15) is 8.42 Å². The number of benzene rings is 2. The molecule has 1 unspecified atom stereocenters. The topological polar surface area (TPSA) is 43.4 Å². The van der Waals surface area contributed by atoms with Crippen LogP contribution < -0.4 is 4.74 Å². The van der Waals surface area contributed by atoms with Gasteiger partial charge >= 0.3 is 0 Å². The summed E-state index contributed by atoms with van der Waals surface area (Å²) in [6, 6.07) is 15.0. The summed E-state index contributed by atoms with van der Waals surface area (Å²) in [5, 5.41) is 0. The molecular formula is C20H20O3S. The third-order valence-electron chi connectivity index (χ3n) is 4.27. The lowest BCUT2D eigenvalue weighted by atomic mass is 9.89. The third kappa shape index (κ3) is 3.15. The van der Waals surface area contributed by atoms with Crippen LogP contribution in [0.25, 0.3) is 6.08 Å². The highest BCUT2D eigenvalue weighted by atomic mass is 32.2.